The second-order valence-corrected chi connectivity index (χ2v) is 6.24. The van der Waals surface area contributed by atoms with Crippen molar-refractivity contribution in [2.45, 2.75) is 52.1 Å². The first-order valence-corrected chi connectivity index (χ1v) is 7.13. The monoisotopic (exact) mass is 301 g/mol. The van der Waals surface area contributed by atoms with Crippen LogP contribution in [0.5, 0.6) is 0 Å². The molecule has 0 aromatic heterocycles. The molecule has 1 aromatic rings. The molecule has 2 nitrogen and oxygen atoms in total. The Labute approximate surface area is 123 Å². The third-order valence-corrected chi connectivity index (χ3v) is 4.46. The smallest absolute Gasteiger partial charge is 0.357 e. The number of ether oxygens (including phenoxy) is 1. The van der Waals surface area contributed by atoms with Crippen molar-refractivity contribution in [3.05, 3.63) is 34.4 Å². The van der Waals surface area contributed by atoms with Crippen LogP contribution in [0.1, 0.15) is 49.3 Å². The molecule has 0 radical (unpaired) electrons. The number of hydrogen-bond acceptors (Lipinski definition) is 2. The zero-order chi connectivity index (χ0) is 16.0. The van der Waals surface area contributed by atoms with Crippen LogP contribution in [0.3, 0.4) is 0 Å². The Morgan fingerprint density at radius 3 is 2.38 bits per heavy atom. The van der Waals surface area contributed by atoms with Gasteiger partial charge in [0, 0.05) is 5.54 Å². The lowest BCUT2D eigenvalue weighted by Crippen LogP contribution is -2.38. The molecular weight excluding hydrogens is 279 g/mol. The summed E-state index contributed by atoms with van der Waals surface area (Å²) in [5.41, 5.74) is 1.22. The molecule has 0 spiro atoms. The second kappa shape index (κ2) is 5.29. The molecule has 21 heavy (non-hydrogen) atoms. The highest BCUT2D eigenvalue weighted by Crippen LogP contribution is 2.40. The van der Waals surface area contributed by atoms with Gasteiger partial charge in [-0.3, -0.25) is 4.90 Å². The molecule has 1 atom stereocenters. The minimum Gasteiger partial charge on any atom is -0.357 e. The van der Waals surface area contributed by atoms with Crippen molar-refractivity contribution in [3.63, 3.8) is 0 Å². The van der Waals surface area contributed by atoms with Crippen molar-refractivity contribution >= 4 is 0 Å². The Morgan fingerprint density at radius 2 is 1.95 bits per heavy atom. The largest absolute Gasteiger partial charge is 0.416 e. The van der Waals surface area contributed by atoms with Gasteiger partial charge in [0.2, 0.25) is 0 Å². The molecule has 0 amide bonds. The fourth-order valence-corrected chi connectivity index (χ4v) is 2.90. The van der Waals surface area contributed by atoms with Crippen LogP contribution in [-0.4, -0.2) is 24.1 Å². The first-order chi connectivity index (χ1) is 9.59. The molecule has 0 bridgehead atoms. The van der Waals surface area contributed by atoms with Crippen LogP contribution < -0.4 is 0 Å². The lowest BCUT2D eigenvalue weighted by Gasteiger charge is -2.30. The van der Waals surface area contributed by atoms with Crippen LogP contribution in [0.2, 0.25) is 0 Å². The third-order valence-electron chi connectivity index (χ3n) is 4.46. The van der Waals surface area contributed by atoms with Gasteiger partial charge in [-0.1, -0.05) is 13.0 Å². The van der Waals surface area contributed by atoms with E-state index in [-0.39, 0.29) is 11.8 Å². The predicted molar refractivity (Wildman–Crippen MR) is 76.1 cm³/mol. The maximum atomic E-state index is 13.0. The summed E-state index contributed by atoms with van der Waals surface area (Å²) in [4.78, 5) is 2.08. The number of halogens is 3. The third kappa shape index (κ3) is 2.81. The van der Waals surface area contributed by atoms with Crippen molar-refractivity contribution in [1.29, 1.82) is 0 Å². The summed E-state index contributed by atoms with van der Waals surface area (Å²) in [6.07, 6.45) is -4.04. The molecule has 1 aliphatic rings. The number of likely N-dealkylation sites (N-methyl/N-ethyl adjacent to an activating group) is 1. The molecule has 1 fully saturated rings. The Hall–Kier alpha value is -1.07. The van der Waals surface area contributed by atoms with Crippen molar-refractivity contribution < 1.29 is 17.9 Å². The zero-order valence-electron chi connectivity index (χ0n) is 13.1. The highest BCUT2D eigenvalue weighted by atomic mass is 19.4. The molecule has 1 saturated heterocycles. The average molecular weight is 301 g/mol. The molecule has 5 heteroatoms. The Morgan fingerprint density at radius 1 is 1.33 bits per heavy atom. The van der Waals surface area contributed by atoms with E-state index < -0.39 is 11.7 Å². The average Bonchev–Trinajstić information content (AvgIpc) is 2.62. The minimum absolute atomic E-state index is 0.119. The van der Waals surface area contributed by atoms with E-state index in [1.807, 2.05) is 14.0 Å². The molecule has 1 aliphatic heterocycles. The quantitative estimate of drug-likeness (QED) is 0.807. The van der Waals surface area contributed by atoms with Gasteiger partial charge in [-0.15, -0.1) is 0 Å². The molecule has 0 N–H and O–H groups in total. The van der Waals surface area contributed by atoms with Crippen LogP contribution in [0, 0.1) is 6.92 Å². The van der Waals surface area contributed by atoms with Crippen LogP contribution in [0.25, 0.3) is 0 Å². The van der Waals surface area contributed by atoms with Gasteiger partial charge in [0.25, 0.3) is 0 Å². The van der Waals surface area contributed by atoms with Gasteiger partial charge in [-0.05, 0) is 57.0 Å². The lowest BCUT2D eigenvalue weighted by molar-refractivity contribution is -0.138. The van der Waals surface area contributed by atoms with E-state index in [1.165, 1.54) is 6.07 Å². The predicted octanol–water partition coefficient (Wildman–Crippen LogP) is 4.32. The fourth-order valence-electron chi connectivity index (χ4n) is 2.90. The number of alkyl halides is 3. The zero-order valence-corrected chi connectivity index (χ0v) is 13.1. The molecule has 118 valence electrons. The van der Waals surface area contributed by atoms with E-state index >= 15 is 0 Å². The van der Waals surface area contributed by atoms with Crippen molar-refractivity contribution in [2.75, 3.05) is 13.7 Å². The van der Waals surface area contributed by atoms with E-state index in [9.17, 15) is 13.2 Å². The van der Waals surface area contributed by atoms with Gasteiger partial charge < -0.3 is 4.74 Å². The molecule has 1 aromatic carbocycles. The minimum atomic E-state index is -4.31. The van der Waals surface area contributed by atoms with Gasteiger partial charge >= 0.3 is 6.18 Å². The molecule has 2 rings (SSSR count). The van der Waals surface area contributed by atoms with E-state index in [0.29, 0.717) is 18.6 Å². The van der Waals surface area contributed by atoms with Crippen LogP contribution in [0.15, 0.2) is 12.1 Å². The molecule has 0 aliphatic carbocycles. The number of benzene rings is 1. The van der Waals surface area contributed by atoms with E-state index in [4.69, 9.17) is 4.74 Å². The summed E-state index contributed by atoms with van der Waals surface area (Å²) < 4.78 is 44.9. The summed E-state index contributed by atoms with van der Waals surface area (Å²) in [7, 11) is 1.95. The lowest BCUT2D eigenvalue weighted by atomic mass is 9.93. The first-order valence-electron chi connectivity index (χ1n) is 7.13. The maximum absolute atomic E-state index is 13.0. The molecule has 1 unspecified atom stereocenters. The Bertz CT molecular complexity index is 537. The van der Waals surface area contributed by atoms with Crippen LogP contribution in [-0.2, 0) is 17.3 Å². The van der Waals surface area contributed by atoms with Gasteiger partial charge in [0.05, 0.1) is 12.2 Å². The second-order valence-electron chi connectivity index (χ2n) is 6.24. The summed E-state index contributed by atoms with van der Waals surface area (Å²) in [6.45, 7) is 8.12. The number of rotatable bonds is 2. The summed E-state index contributed by atoms with van der Waals surface area (Å²) >= 11 is 0. The van der Waals surface area contributed by atoms with Crippen molar-refractivity contribution in [3.8, 4) is 0 Å². The maximum Gasteiger partial charge on any atom is 0.416 e. The van der Waals surface area contributed by atoms with E-state index in [1.54, 1.807) is 13.0 Å². The topological polar surface area (TPSA) is 12.5 Å². The molecule has 0 saturated carbocycles. The summed E-state index contributed by atoms with van der Waals surface area (Å²) in [6, 6.07) is 2.74. The van der Waals surface area contributed by atoms with Crippen LogP contribution >= 0.6 is 0 Å². The normalized spacial score (nSPS) is 22.8. The molecule has 1 heterocycles. The fraction of sp³-hybridized carbons (Fsp3) is 0.625. The standard InChI is InChI=1S/C16H22F3NO/c1-6-11-10(2)13(16(17,18)19)8-7-12(11)14-20(5)15(3,4)9-21-14/h7-8,14H,6,9H2,1-5H3. The Kier molecular flexibility index (Phi) is 4.10. The SMILES string of the molecule is CCc1c(C2OCC(C)(C)N2C)ccc(C(F)(F)F)c1C. The highest BCUT2D eigenvalue weighted by Gasteiger charge is 2.40. The van der Waals surface area contributed by atoms with Crippen molar-refractivity contribution in [1.82, 2.24) is 4.90 Å². The van der Waals surface area contributed by atoms with Crippen molar-refractivity contribution in [2.24, 2.45) is 0 Å². The number of hydrogen-bond donors (Lipinski definition) is 0. The van der Waals surface area contributed by atoms with Crippen LogP contribution in [0.4, 0.5) is 13.2 Å². The molecular formula is C16H22F3NO. The Balaban J connectivity index is 2.50. The first kappa shape index (κ1) is 16.3. The highest BCUT2D eigenvalue weighted by molar-refractivity contribution is 5.43. The summed E-state index contributed by atoms with van der Waals surface area (Å²) in [5.74, 6) is 0. The van der Waals surface area contributed by atoms with Gasteiger partial charge in [-0.25, -0.2) is 0 Å². The van der Waals surface area contributed by atoms with Gasteiger partial charge in [0.1, 0.15) is 6.23 Å². The van der Waals surface area contributed by atoms with Gasteiger partial charge in [-0.2, -0.15) is 13.2 Å². The van der Waals surface area contributed by atoms with E-state index in [2.05, 4.69) is 18.7 Å². The van der Waals surface area contributed by atoms with Gasteiger partial charge in [0.15, 0.2) is 0 Å². The van der Waals surface area contributed by atoms with E-state index in [0.717, 1.165) is 11.1 Å². The number of nitrogens with zero attached hydrogens (tertiary/aromatic N) is 1. The summed E-state index contributed by atoms with van der Waals surface area (Å²) in [5, 5.41) is 0.